The molecule has 0 amide bonds. The summed E-state index contributed by atoms with van der Waals surface area (Å²) in [5.74, 6) is -0.274. The van der Waals surface area contributed by atoms with E-state index < -0.39 is 5.60 Å². The lowest BCUT2D eigenvalue weighted by atomic mass is 9.81. The summed E-state index contributed by atoms with van der Waals surface area (Å²) < 4.78 is 17.5. The third-order valence-corrected chi connectivity index (χ3v) is 6.84. The van der Waals surface area contributed by atoms with Crippen LogP contribution in [-0.2, 0) is 23.8 Å². The van der Waals surface area contributed by atoms with Crippen molar-refractivity contribution in [3.8, 4) is 0 Å². The highest BCUT2D eigenvalue weighted by Gasteiger charge is 2.61. The molecule has 4 aliphatic heterocycles. The fourth-order valence-electron chi connectivity index (χ4n) is 5.66. The van der Waals surface area contributed by atoms with Gasteiger partial charge in [-0.05, 0) is 38.6 Å². The molecule has 0 aromatic carbocycles. The van der Waals surface area contributed by atoms with Crippen molar-refractivity contribution in [2.45, 2.75) is 82.3 Å². The summed E-state index contributed by atoms with van der Waals surface area (Å²) in [6.07, 6.45) is 5.29. The Balaban J connectivity index is 1.62. The number of nitrogens with zero attached hydrogens (tertiary/aromatic N) is 1. The maximum absolute atomic E-state index is 12.3. The summed E-state index contributed by atoms with van der Waals surface area (Å²) in [4.78, 5) is 26.6. The molecule has 4 saturated heterocycles. The van der Waals surface area contributed by atoms with Crippen LogP contribution in [0.5, 0.6) is 0 Å². The molecule has 0 aromatic heterocycles. The Morgan fingerprint density at radius 1 is 1.12 bits per heavy atom. The summed E-state index contributed by atoms with van der Waals surface area (Å²) >= 11 is 0. The maximum atomic E-state index is 12.3. The standard InChI is InChI=1S/C19H29NO5/c1-11-9-14(24-17(11)21)13-6-7-15-19(10-12(2)18(22)25-19)16(23-3)5-4-8-20(13)15/h11-16H,4-10H2,1-3H3/t11-,12-,13-,14-,15+,16-,19+/m0/s1. The molecule has 0 radical (unpaired) electrons. The highest BCUT2D eigenvalue weighted by molar-refractivity contribution is 5.75. The van der Waals surface area contributed by atoms with Crippen LogP contribution in [0.2, 0.25) is 0 Å². The Kier molecular flexibility index (Phi) is 4.31. The Morgan fingerprint density at radius 2 is 1.92 bits per heavy atom. The van der Waals surface area contributed by atoms with Crippen molar-refractivity contribution in [2.24, 2.45) is 11.8 Å². The predicted octanol–water partition coefficient (Wildman–Crippen LogP) is 1.90. The minimum absolute atomic E-state index is 0.0129. The maximum Gasteiger partial charge on any atom is 0.309 e. The normalized spacial score (nSPS) is 47.6. The van der Waals surface area contributed by atoms with E-state index >= 15 is 0 Å². The van der Waals surface area contributed by atoms with E-state index in [1.807, 2.05) is 13.8 Å². The average Bonchev–Trinajstić information content (AvgIpc) is 3.19. The molecule has 4 aliphatic rings. The highest BCUT2D eigenvalue weighted by atomic mass is 16.6. The summed E-state index contributed by atoms with van der Waals surface area (Å²) in [5, 5.41) is 0. The molecule has 4 rings (SSSR count). The SMILES string of the molecule is CO[C@H]1CCCN2[C@H]([C@@H]3C[C@H](C)C(=O)O3)CC[C@@H]2[C@]12C[C@H](C)C(=O)O2. The number of ether oxygens (including phenoxy) is 3. The monoisotopic (exact) mass is 351 g/mol. The highest BCUT2D eigenvalue weighted by Crippen LogP contribution is 2.48. The van der Waals surface area contributed by atoms with Crippen molar-refractivity contribution in [3.63, 3.8) is 0 Å². The topological polar surface area (TPSA) is 65.1 Å². The first-order valence-corrected chi connectivity index (χ1v) is 9.68. The van der Waals surface area contributed by atoms with E-state index in [-0.39, 0.29) is 48.1 Å². The molecule has 0 bridgehead atoms. The van der Waals surface area contributed by atoms with Gasteiger partial charge in [0.05, 0.1) is 24.0 Å². The molecule has 1 spiro atoms. The first kappa shape index (κ1) is 17.3. The molecule has 0 aliphatic carbocycles. The number of hydrogen-bond acceptors (Lipinski definition) is 6. The Bertz CT molecular complexity index is 566. The van der Waals surface area contributed by atoms with E-state index in [9.17, 15) is 9.59 Å². The molecule has 25 heavy (non-hydrogen) atoms. The number of hydrogen-bond donors (Lipinski definition) is 0. The van der Waals surface area contributed by atoms with Crippen LogP contribution in [-0.4, -0.2) is 60.4 Å². The Labute approximate surface area is 149 Å². The van der Waals surface area contributed by atoms with Crippen LogP contribution in [0.4, 0.5) is 0 Å². The van der Waals surface area contributed by atoms with Gasteiger partial charge in [0.25, 0.3) is 0 Å². The third-order valence-electron chi connectivity index (χ3n) is 6.84. The van der Waals surface area contributed by atoms with Gasteiger partial charge in [0.1, 0.15) is 6.10 Å². The molecule has 0 unspecified atom stereocenters. The van der Waals surface area contributed by atoms with Crippen molar-refractivity contribution in [1.29, 1.82) is 0 Å². The number of methoxy groups -OCH3 is 1. The van der Waals surface area contributed by atoms with Crippen LogP contribution in [0.25, 0.3) is 0 Å². The summed E-state index contributed by atoms with van der Waals surface area (Å²) in [7, 11) is 1.73. The van der Waals surface area contributed by atoms with Gasteiger partial charge in [0.15, 0.2) is 5.60 Å². The van der Waals surface area contributed by atoms with E-state index in [0.29, 0.717) is 0 Å². The van der Waals surface area contributed by atoms with Crippen LogP contribution in [0.1, 0.15) is 52.4 Å². The van der Waals surface area contributed by atoms with Crippen LogP contribution < -0.4 is 0 Å². The Morgan fingerprint density at radius 3 is 2.52 bits per heavy atom. The molecule has 6 heteroatoms. The molecule has 0 saturated carbocycles. The quantitative estimate of drug-likeness (QED) is 0.708. The zero-order chi connectivity index (χ0) is 17.8. The van der Waals surface area contributed by atoms with E-state index in [2.05, 4.69) is 4.90 Å². The van der Waals surface area contributed by atoms with Crippen molar-refractivity contribution in [1.82, 2.24) is 4.90 Å². The first-order valence-electron chi connectivity index (χ1n) is 9.68. The number of carbonyl (C=O) groups excluding carboxylic acids is 2. The zero-order valence-electron chi connectivity index (χ0n) is 15.4. The van der Waals surface area contributed by atoms with Gasteiger partial charge in [0, 0.05) is 19.6 Å². The van der Waals surface area contributed by atoms with Crippen LogP contribution in [0.15, 0.2) is 0 Å². The smallest absolute Gasteiger partial charge is 0.309 e. The van der Waals surface area contributed by atoms with Crippen LogP contribution >= 0.6 is 0 Å². The second-order valence-electron chi connectivity index (χ2n) is 8.36. The molecule has 4 heterocycles. The fraction of sp³-hybridized carbons (Fsp3) is 0.895. The molecule has 6 nitrogen and oxygen atoms in total. The largest absolute Gasteiger partial charge is 0.460 e. The minimum atomic E-state index is -0.551. The first-order chi connectivity index (χ1) is 12.0. The number of rotatable bonds is 2. The minimum Gasteiger partial charge on any atom is -0.460 e. The second-order valence-corrected chi connectivity index (χ2v) is 8.36. The number of cyclic esters (lactones) is 1. The fourth-order valence-corrected chi connectivity index (χ4v) is 5.66. The summed E-state index contributed by atoms with van der Waals surface area (Å²) in [5.41, 5.74) is -0.551. The lowest BCUT2D eigenvalue weighted by Crippen LogP contribution is -2.57. The van der Waals surface area contributed by atoms with Gasteiger partial charge in [-0.3, -0.25) is 14.5 Å². The average molecular weight is 351 g/mol. The Hall–Kier alpha value is -1.14. The van der Waals surface area contributed by atoms with Crippen molar-refractivity contribution in [2.75, 3.05) is 13.7 Å². The van der Waals surface area contributed by atoms with Crippen LogP contribution in [0.3, 0.4) is 0 Å². The third kappa shape index (κ3) is 2.60. The van der Waals surface area contributed by atoms with Gasteiger partial charge in [-0.25, -0.2) is 0 Å². The van der Waals surface area contributed by atoms with Crippen molar-refractivity contribution >= 4 is 11.9 Å². The molecular weight excluding hydrogens is 322 g/mol. The van der Waals surface area contributed by atoms with E-state index in [0.717, 1.165) is 45.1 Å². The molecule has 0 N–H and O–H groups in total. The lowest BCUT2D eigenvalue weighted by molar-refractivity contribution is -0.172. The lowest BCUT2D eigenvalue weighted by Gasteiger charge is -2.42. The number of carbonyl (C=O) groups is 2. The molecule has 0 aromatic rings. The molecule has 7 atom stereocenters. The van der Waals surface area contributed by atoms with Gasteiger partial charge in [0.2, 0.25) is 0 Å². The van der Waals surface area contributed by atoms with Crippen molar-refractivity contribution in [3.05, 3.63) is 0 Å². The van der Waals surface area contributed by atoms with Crippen molar-refractivity contribution < 1.29 is 23.8 Å². The van der Waals surface area contributed by atoms with E-state index in [1.165, 1.54) is 0 Å². The second kappa shape index (κ2) is 6.23. The molecule has 4 fully saturated rings. The van der Waals surface area contributed by atoms with Crippen LogP contribution in [0, 0.1) is 11.8 Å². The zero-order valence-corrected chi connectivity index (χ0v) is 15.4. The number of esters is 2. The molecule has 140 valence electrons. The molecular formula is C19H29NO5. The van der Waals surface area contributed by atoms with Gasteiger partial charge in [-0.2, -0.15) is 0 Å². The predicted molar refractivity (Wildman–Crippen MR) is 89.8 cm³/mol. The summed E-state index contributed by atoms with van der Waals surface area (Å²) in [6.45, 7) is 4.84. The van der Waals surface area contributed by atoms with Gasteiger partial charge < -0.3 is 14.2 Å². The summed E-state index contributed by atoms with van der Waals surface area (Å²) in [6, 6.07) is 0.398. The number of fused-ring (bicyclic) bond motifs is 2. The van der Waals surface area contributed by atoms with E-state index in [1.54, 1.807) is 7.11 Å². The van der Waals surface area contributed by atoms with Gasteiger partial charge in [-0.15, -0.1) is 0 Å². The van der Waals surface area contributed by atoms with E-state index in [4.69, 9.17) is 14.2 Å². The van der Waals surface area contributed by atoms with Gasteiger partial charge >= 0.3 is 11.9 Å². The van der Waals surface area contributed by atoms with Gasteiger partial charge in [-0.1, -0.05) is 13.8 Å².